The van der Waals surface area contributed by atoms with Crippen LogP contribution in [0, 0.1) is 0 Å². The fourth-order valence-corrected chi connectivity index (χ4v) is 2.73. The van der Waals surface area contributed by atoms with Crippen LogP contribution in [0.25, 0.3) is 11.3 Å². The van der Waals surface area contributed by atoms with Crippen LogP contribution in [0.5, 0.6) is 5.75 Å². The zero-order valence-corrected chi connectivity index (χ0v) is 14.7. The highest BCUT2D eigenvalue weighted by atomic mass is 35.5. The summed E-state index contributed by atoms with van der Waals surface area (Å²) in [6, 6.07) is 16.5. The fourth-order valence-electron chi connectivity index (χ4n) is 2.50. The molecule has 0 aliphatic rings. The van der Waals surface area contributed by atoms with Gasteiger partial charge in [0.1, 0.15) is 11.4 Å². The van der Waals surface area contributed by atoms with Crippen molar-refractivity contribution < 1.29 is 9.53 Å². The molecule has 3 aromatic rings. The molecule has 128 valence electrons. The summed E-state index contributed by atoms with van der Waals surface area (Å²) in [7, 11) is 1.62. The molecule has 0 saturated carbocycles. The van der Waals surface area contributed by atoms with Crippen LogP contribution < -0.4 is 10.1 Å². The number of nitrogens with one attached hydrogen (secondary N) is 2. The molecule has 1 unspecified atom stereocenters. The van der Waals surface area contributed by atoms with E-state index in [0.29, 0.717) is 16.4 Å². The molecular formula is C19H18ClN3O2. The van der Waals surface area contributed by atoms with Crippen LogP contribution in [-0.4, -0.2) is 23.2 Å². The molecule has 0 aliphatic heterocycles. The Morgan fingerprint density at radius 2 is 1.92 bits per heavy atom. The van der Waals surface area contributed by atoms with Gasteiger partial charge in [-0.25, -0.2) is 0 Å². The van der Waals surface area contributed by atoms with Gasteiger partial charge in [0.25, 0.3) is 5.91 Å². The van der Waals surface area contributed by atoms with E-state index < -0.39 is 0 Å². The van der Waals surface area contributed by atoms with Crippen molar-refractivity contribution >= 4 is 17.5 Å². The number of methoxy groups -OCH3 is 1. The molecule has 0 radical (unpaired) electrons. The third-order valence-electron chi connectivity index (χ3n) is 3.94. The maximum Gasteiger partial charge on any atom is 0.269 e. The summed E-state index contributed by atoms with van der Waals surface area (Å²) in [5, 5.41) is 10.5. The van der Waals surface area contributed by atoms with Gasteiger partial charge in [0.15, 0.2) is 0 Å². The zero-order chi connectivity index (χ0) is 17.8. The molecule has 6 heteroatoms. The summed E-state index contributed by atoms with van der Waals surface area (Å²) in [4.78, 5) is 12.4. The van der Waals surface area contributed by atoms with Gasteiger partial charge in [0.2, 0.25) is 0 Å². The monoisotopic (exact) mass is 355 g/mol. The Morgan fingerprint density at radius 3 is 2.60 bits per heavy atom. The number of carbonyl (C=O) groups excluding carboxylic acids is 1. The summed E-state index contributed by atoms with van der Waals surface area (Å²) < 4.78 is 5.14. The van der Waals surface area contributed by atoms with Crippen LogP contribution in [0.4, 0.5) is 0 Å². The second kappa shape index (κ2) is 7.40. The van der Waals surface area contributed by atoms with Crippen molar-refractivity contribution in [2.75, 3.05) is 7.11 Å². The Balaban J connectivity index is 1.72. The molecule has 25 heavy (non-hydrogen) atoms. The largest absolute Gasteiger partial charge is 0.497 e. The second-order valence-corrected chi connectivity index (χ2v) is 6.02. The number of carbonyl (C=O) groups is 1. The summed E-state index contributed by atoms with van der Waals surface area (Å²) in [6.07, 6.45) is 0. The first-order chi connectivity index (χ1) is 12.1. The summed E-state index contributed by atoms with van der Waals surface area (Å²) in [5.41, 5.74) is 2.78. The van der Waals surface area contributed by atoms with E-state index in [1.807, 2.05) is 49.4 Å². The first-order valence-corrected chi connectivity index (χ1v) is 8.21. The molecule has 0 spiro atoms. The molecule has 1 heterocycles. The molecule has 0 fully saturated rings. The van der Waals surface area contributed by atoms with Gasteiger partial charge >= 0.3 is 0 Å². The number of benzene rings is 2. The van der Waals surface area contributed by atoms with E-state index in [9.17, 15) is 4.79 Å². The third kappa shape index (κ3) is 3.83. The quantitative estimate of drug-likeness (QED) is 0.719. The number of aromatic amines is 1. The molecule has 2 aromatic carbocycles. The smallest absolute Gasteiger partial charge is 0.269 e. The highest BCUT2D eigenvalue weighted by Gasteiger charge is 2.15. The molecule has 0 aliphatic carbocycles. The SMILES string of the molecule is COc1ccc(C(C)NC(=O)c2cc(-c3ccccc3Cl)n[nH]2)cc1. The molecule has 1 atom stereocenters. The maximum absolute atomic E-state index is 12.4. The van der Waals surface area contributed by atoms with Crippen molar-refractivity contribution in [1.29, 1.82) is 0 Å². The molecule has 0 bridgehead atoms. The lowest BCUT2D eigenvalue weighted by Gasteiger charge is -2.14. The van der Waals surface area contributed by atoms with E-state index in [-0.39, 0.29) is 11.9 Å². The molecular weight excluding hydrogens is 338 g/mol. The fraction of sp³-hybridized carbons (Fsp3) is 0.158. The Morgan fingerprint density at radius 1 is 1.20 bits per heavy atom. The number of amides is 1. The highest BCUT2D eigenvalue weighted by Crippen LogP contribution is 2.26. The first kappa shape index (κ1) is 17.0. The average molecular weight is 356 g/mol. The predicted molar refractivity (Wildman–Crippen MR) is 97.9 cm³/mol. The Hall–Kier alpha value is -2.79. The van der Waals surface area contributed by atoms with E-state index in [2.05, 4.69) is 15.5 Å². The van der Waals surface area contributed by atoms with Crippen molar-refractivity contribution in [3.63, 3.8) is 0 Å². The van der Waals surface area contributed by atoms with E-state index in [0.717, 1.165) is 16.9 Å². The van der Waals surface area contributed by atoms with Crippen molar-refractivity contribution in [3.05, 3.63) is 70.9 Å². The average Bonchev–Trinajstić information content (AvgIpc) is 3.12. The first-order valence-electron chi connectivity index (χ1n) is 7.83. The van der Waals surface area contributed by atoms with Crippen LogP contribution in [0.3, 0.4) is 0 Å². The number of rotatable bonds is 5. The standard InChI is InChI=1S/C19H18ClN3O2/c1-12(13-7-9-14(25-2)10-8-13)21-19(24)18-11-17(22-23-18)15-5-3-4-6-16(15)20/h3-12H,1-2H3,(H,21,24)(H,22,23). The van der Waals surface area contributed by atoms with Gasteiger partial charge in [0, 0.05) is 5.56 Å². The van der Waals surface area contributed by atoms with E-state index in [1.165, 1.54) is 0 Å². The van der Waals surface area contributed by atoms with Crippen molar-refractivity contribution in [3.8, 4) is 17.0 Å². The van der Waals surface area contributed by atoms with Gasteiger partial charge in [-0.3, -0.25) is 9.89 Å². The summed E-state index contributed by atoms with van der Waals surface area (Å²) in [5.74, 6) is 0.550. The van der Waals surface area contributed by atoms with Crippen molar-refractivity contribution in [2.45, 2.75) is 13.0 Å². The van der Waals surface area contributed by atoms with Gasteiger partial charge in [-0.05, 0) is 36.8 Å². The number of ether oxygens (including phenoxy) is 1. The van der Waals surface area contributed by atoms with Crippen LogP contribution >= 0.6 is 11.6 Å². The molecule has 1 amide bonds. The number of aromatic nitrogens is 2. The van der Waals surface area contributed by atoms with Gasteiger partial charge in [-0.1, -0.05) is 41.9 Å². The van der Waals surface area contributed by atoms with Gasteiger partial charge in [0.05, 0.1) is 23.9 Å². The lowest BCUT2D eigenvalue weighted by molar-refractivity contribution is 0.0935. The van der Waals surface area contributed by atoms with Gasteiger partial charge in [-0.2, -0.15) is 5.10 Å². The van der Waals surface area contributed by atoms with Crippen LogP contribution in [0.1, 0.15) is 29.0 Å². The summed E-state index contributed by atoms with van der Waals surface area (Å²) in [6.45, 7) is 1.92. The number of hydrogen-bond donors (Lipinski definition) is 2. The van der Waals surface area contributed by atoms with Gasteiger partial charge < -0.3 is 10.1 Å². The van der Waals surface area contributed by atoms with E-state index in [1.54, 1.807) is 19.2 Å². The Bertz CT molecular complexity index is 874. The Labute approximate surface area is 151 Å². The normalized spacial score (nSPS) is 11.8. The van der Waals surface area contributed by atoms with Crippen molar-refractivity contribution in [2.24, 2.45) is 0 Å². The predicted octanol–water partition coefficient (Wildman–Crippen LogP) is 4.23. The number of H-pyrrole nitrogens is 1. The molecule has 1 aromatic heterocycles. The lowest BCUT2D eigenvalue weighted by atomic mass is 10.1. The summed E-state index contributed by atoms with van der Waals surface area (Å²) >= 11 is 6.17. The van der Waals surface area contributed by atoms with E-state index >= 15 is 0 Å². The van der Waals surface area contributed by atoms with E-state index in [4.69, 9.17) is 16.3 Å². The minimum Gasteiger partial charge on any atom is -0.497 e. The zero-order valence-electron chi connectivity index (χ0n) is 13.9. The number of hydrogen-bond acceptors (Lipinski definition) is 3. The Kier molecular flexibility index (Phi) is 5.05. The minimum absolute atomic E-state index is 0.148. The minimum atomic E-state index is -0.228. The molecule has 5 nitrogen and oxygen atoms in total. The van der Waals surface area contributed by atoms with Crippen LogP contribution in [0.2, 0.25) is 5.02 Å². The maximum atomic E-state index is 12.4. The molecule has 0 saturated heterocycles. The topological polar surface area (TPSA) is 67.0 Å². The third-order valence-corrected chi connectivity index (χ3v) is 4.27. The van der Waals surface area contributed by atoms with Crippen LogP contribution in [-0.2, 0) is 0 Å². The molecule has 3 rings (SSSR count). The number of halogens is 1. The molecule has 2 N–H and O–H groups in total. The number of nitrogens with zero attached hydrogens (tertiary/aromatic N) is 1. The van der Waals surface area contributed by atoms with Crippen molar-refractivity contribution in [1.82, 2.24) is 15.5 Å². The van der Waals surface area contributed by atoms with Gasteiger partial charge in [-0.15, -0.1) is 0 Å². The highest BCUT2D eigenvalue weighted by molar-refractivity contribution is 6.33. The lowest BCUT2D eigenvalue weighted by Crippen LogP contribution is -2.26. The second-order valence-electron chi connectivity index (χ2n) is 5.62. The van der Waals surface area contributed by atoms with Crippen LogP contribution in [0.15, 0.2) is 54.6 Å².